The van der Waals surface area contributed by atoms with Gasteiger partial charge in [0, 0.05) is 11.6 Å². The highest BCUT2D eigenvalue weighted by atomic mass is 35.5. The summed E-state index contributed by atoms with van der Waals surface area (Å²) in [6, 6.07) is 7.53. The highest BCUT2D eigenvalue weighted by Gasteiger charge is 2.36. The van der Waals surface area contributed by atoms with E-state index in [9.17, 15) is 4.79 Å². The van der Waals surface area contributed by atoms with Crippen LogP contribution < -0.4 is 5.32 Å². The lowest BCUT2D eigenvalue weighted by atomic mass is 10.0. The number of carbonyl (C=O) groups excluding carboxylic acids is 1. The van der Waals surface area contributed by atoms with Crippen LogP contribution in [0.4, 0.5) is 4.79 Å². The molecule has 2 heterocycles. The maximum atomic E-state index is 11.5. The van der Waals surface area contributed by atoms with Gasteiger partial charge in [0.1, 0.15) is 0 Å². The Bertz CT molecular complexity index is 474. The van der Waals surface area contributed by atoms with E-state index in [4.69, 9.17) is 16.3 Å². The van der Waals surface area contributed by atoms with Gasteiger partial charge in [0.2, 0.25) is 0 Å². The monoisotopic (exact) mass is 280 g/mol. The lowest BCUT2D eigenvalue weighted by Gasteiger charge is -2.23. The van der Waals surface area contributed by atoms with Crippen molar-refractivity contribution in [2.24, 2.45) is 0 Å². The standard InChI is InChI=1S/C14H17ClN2O2/c15-11-5-3-4-10(8-11)13-12(16-14(18)19-13)9-17-6-1-2-7-17/h3-5,8,12-13H,1-2,6-7,9H2,(H,16,18)/t12-,13-/m1/s1. The maximum absolute atomic E-state index is 11.5. The van der Waals surface area contributed by atoms with Crippen LogP contribution in [0, 0.1) is 0 Å². The van der Waals surface area contributed by atoms with Crippen molar-refractivity contribution in [1.29, 1.82) is 0 Å². The quantitative estimate of drug-likeness (QED) is 0.925. The van der Waals surface area contributed by atoms with Crippen molar-refractivity contribution in [3.63, 3.8) is 0 Å². The first-order valence-corrected chi connectivity index (χ1v) is 7.05. The number of halogens is 1. The van der Waals surface area contributed by atoms with Crippen LogP contribution in [0.25, 0.3) is 0 Å². The zero-order chi connectivity index (χ0) is 13.2. The Kier molecular flexibility index (Phi) is 3.62. The number of likely N-dealkylation sites (tertiary alicyclic amines) is 1. The molecule has 0 saturated carbocycles. The molecule has 4 nitrogen and oxygen atoms in total. The molecule has 1 aromatic rings. The molecule has 2 aliphatic rings. The van der Waals surface area contributed by atoms with E-state index >= 15 is 0 Å². The molecule has 0 bridgehead atoms. The van der Waals surface area contributed by atoms with Gasteiger partial charge < -0.3 is 15.0 Å². The van der Waals surface area contributed by atoms with Crippen LogP contribution in [0.1, 0.15) is 24.5 Å². The summed E-state index contributed by atoms with van der Waals surface area (Å²) in [4.78, 5) is 13.9. The van der Waals surface area contributed by atoms with E-state index in [1.165, 1.54) is 12.8 Å². The van der Waals surface area contributed by atoms with E-state index in [1.54, 1.807) is 0 Å². The summed E-state index contributed by atoms with van der Waals surface area (Å²) in [5.74, 6) is 0. The number of nitrogens with one attached hydrogen (secondary N) is 1. The molecule has 1 amide bonds. The number of benzene rings is 1. The molecule has 102 valence electrons. The van der Waals surface area contributed by atoms with Crippen LogP contribution in [0.2, 0.25) is 5.02 Å². The highest BCUT2D eigenvalue weighted by Crippen LogP contribution is 2.29. The number of rotatable bonds is 3. The minimum absolute atomic E-state index is 0.00377. The van der Waals surface area contributed by atoms with Crippen molar-refractivity contribution in [2.75, 3.05) is 19.6 Å². The van der Waals surface area contributed by atoms with Gasteiger partial charge >= 0.3 is 6.09 Å². The van der Waals surface area contributed by atoms with Gasteiger partial charge in [-0.1, -0.05) is 23.7 Å². The molecule has 1 aromatic carbocycles. The lowest BCUT2D eigenvalue weighted by Crippen LogP contribution is -2.39. The molecule has 0 radical (unpaired) electrons. The van der Waals surface area contributed by atoms with Gasteiger partial charge in [0.15, 0.2) is 6.10 Å². The molecule has 19 heavy (non-hydrogen) atoms. The first-order valence-electron chi connectivity index (χ1n) is 6.67. The molecule has 0 spiro atoms. The fraction of sp³-hybridized carbons (Fsp3) is 0.500. The van der Waals surface area contributed by atoms with Gasteiger partial charge in [-0.3, -0.25) is 0 Å². The van der Waals surface area contributed by atoms with Crippen LogP contribution in [-0.4, -0.2) is 36.7 Å². The maximum Gasteiger partial charge on any atom is 0.408 e. The third-order valence-electron chi connectivity index (χ3n) is 3.73. The highest BCUT2D eigenvalue weighted by molar-refractivity contribution is 6.30. The van der Waals surface area contributed by atoms with Gasteiger partial charge in [0.25, 0.3) is 0 Å². The largest absolute Gasteiger partial charge is 0.439 e. The normalized spacial score (nSPS) is 27.3. The average molecular weight is 281 g/mol. The third kappa shape index (κ3) is 2.85. The molecule has 3 rings (SSSR count). The van der Waals surface area contributed by atoms with E-state index in [0.29, 0.717) is 5.02 Å². The van der Waals surface area contributed by atoms with Crippen LogP contribution in [0.3, 0.4) is 0 Å². The molecule has 2 aliphatic heterocycles. The molecule has 1 N–H and O–H groups in total. The summed E-state index contributed by atoms with van der Waals surface area (Å²) in [6.07, 6.45) is 1.90. The van der Waals surface area contributed by atoms with Crippen LogP contribution in [0.5, 0.6) is 0 Å². The Hall–Kier alpha value is -1.26. The number of ether oxygens (including phenoxy) is 1. The minimum Gasteiger partial charge on any atom is -0.439 e. The Morgan fingerprint density at radius 1 is 1.37 bits per heavy atom. The molecule has 2 atom stereocenters. The van der Waals surface area contributed by atoms with Crippen molar-refractivity contribution in [2.45, 2.75) is 25.0 Å². The van der Waals surface area contributed by atoms with E-state index in [1.807, 2.05) is 24.3 Å². The summed E-state index contributed by atoms with van der Waals surface area (Å²) in [5, 5.41) is 3.57. The van der Waals surface area contributed by atoms with Crippen molar-refractivity contribution in [1.82, 2.24) is 10.2 Å². The Morgan fingerprint density at radius 2 is 2.16 bits per heavy atom. The number of amides is 1. The number of hydrogen-bond acceptors (Lipinski definition) is 3. The second kappa shape index (κ2) is 5.39. The fourth-order valence-corrected chi connectivity index (χ4v) is 3.03. The van der Waals surface area contributed by atoms with Crippen LogP contribution >= 0.6 is 11.6 Å². The predicted octanol–water partition coefficient (Wildman–Crippen LogP) is 2.59. The molecule has 5 heteroatoms. The number of cyclic esters (lactones) is 1. The minimum atomic E-state index is -0.339. The molecule has 0 aliphatic carbocycles. The van der Waals surface area contributed by atoms with Crippen molar-refractivity contribution in [3.05, 3.63) is 34.9 Å². The molecule has 0 unspecified atom stereocenters. The lowest BCUT2D eigenvalue weighted by molar-refractivity contribution is 0.126. The Balaban J connectivity index is 1.76. The number of alkyl carbamates (subject to hydrolysis) is 1. The summed E-state index contributed by atoms with van der Waals surface area (Å²) >= 11 is 6.01. The zero-order valence-corrected chi connectivity index (χ0v) is 11.4. The number of nitrogens with zero attached hydrogens (tertiary/aromatic N) is 1. The average Bonchev–Trinajstić information content (AvgIpc) is 3.00. The van der Waals surface area contributed by atoms with Crippen molar-refractivity contribution >= 4 is 17.7 Å². The topological polar surface area (TPSA) is 41.6 Å². The van der Waals surface area contributed by atoms with E-state index < -0.39 is 0 Å². The van der Waals surface area contributed by atoms with E-state index in [0.717, 1.165) is 25.2 Å². The van der Waals surface area contributed by atoms with Gasteiger partial charge in [0.05, 0.1) is 6.04 Å². The molecule has 2 fully saturated rings. The number of carbonyl (C=O) groups is 1. The summed E-state index contributed by atoms with van der Waals surface area (Å²) in [5.41, 5.74) is 0.954. The third-order valence-corrected chi connectivity index (χ3v) is 3.97. The SMILES string of the molecule is O=C1N[C@H](CN2CCCC2)[C@@H](c2cccc(Cl)c2)O1. The van der Waals surface area contributed by atoms with Crippen LogP contribution in [-0.2, 0) is 4.74 Å². The molecule has 2 saturated heterocycles. The number of hydrogen-bond donors (Lipinski definition) is 1. The summed E-state index contributed by atoms with van der Waals surface area (Å²) in [7, 11) is 0. The Labute approximate surface area is 117 Å². The zero-order valence-electron chi connectivity index (χ0n) is 10.6. The van der Waals surface area contributed by atoms with E-state index in [2.05, 4.69) is 10.2 Å². The van der Waals surface area contributed by atoms with Gasteiger partial charge in [-0.25, -0.2) is 4.79 Å². The smallest absolute Gasteiger partial charge is 0.408 e. The summed E-state index contributed by atoms with van der Waals surface area (Å²) < 4.78 is 5.39. The van der Waals surface area contributed by atoms with Gasteiger partial charge in [-0.15, -0.1) is 0 Å². The van der Waals surface area contributed by atoms with E-state index in [-0.39, 0.29) is 18.2 Å². The van der Waals surface area contributed by atoms with Crippen molar-refractivity contribution in [3.8, 4) is 0 Å². The first-order chi connectivity index (χ1) is 9.22. The molecular formula is C14H17ClN2O2. The first kappa shape index (κ1) is 12.8. The van der Waals surface area contributed by atoms with Crippen molar-refractivity contribution < 1.29 is 9.53 Å². The van der Waals surface area contributed by atoms with Gasteiger partial charge in [-0.2, -0.15) is 0 Å². The summed E-state index contributed by atoms with van der Waals surface area (Å²) in [6.45, 7) is 3.05. The second-order valence-corrected chi connectivity index (χ2v) is 5.58. The Morgan fingerprint density at radius 3 is 2.89 bits per heavy atom. The molecule has 0 aromatic heterocycles. The van der Waals surface area contributed by atoms with Crippen LogP contribution in [0.15, 0.2) is 24.3 Å². The second-order valence-electron chi connectivity index (χ2n) is 5.14. The predicted molar refractivity (Wildman–Crippen MR) is 73.3 cm³/mol. The van der Waals surface area contributed by atoms with Gasteiger partial charge in [-0.05, 0) is 43.6 Å². The molecular weight excluding hydrogens is 264 g/mol. The fourth-order valence-electron chi connectivity index (χ4n) is 2.83.